The van der Waals surface area contributed by atoms with Crippen molar-refractivity contribution in [3.8, 4) is 11.5 Å². The predicted octanol–water partition coefficient (Wildman–Crippen LogP) is 4.81. The number of aryl methyl sites for hydroxylation is 1. The molecule has 0 spiro atoms. The van der Waals surface area contributed by atoms with Gasteiger partial charge in [-0.2, -0.15) is 4.68 Å². The summed E-state index contributed by atoms with van der Waals surface area (Å²) < 4.78 is 13.3. The Morgan fingerprint density at radius 2 is 1.84 bits per heavy atom. The molecule has 2 heterocycles. The minimum absolute atomic E-state index is 0.242. The molecule has 9 heteroatoms. The zero-order chi connectivity index (χ0) is 25.9. The largest absolute Gasteiger partial charge is 0.493 e. The minimum atomic E-state index is -0.576. The molecule has 0 saturated heterocycles. The van der Waals surface area contributed by atoms with Crippen LogP contribution in [0.25, 0.3) is 0 Å². The third-order valence-corrected chi connectivity index (χ3v) is 6.55. The lowest BCUT2D eigenvalue weighted by atomic mass is 9.94. The average Bonchev–Trinajstić information content (AvgIpc) is 3.37. The first-order chi connectivity index (χ1) is 18.0. The molecule has 0 bridgehead atoms. The fourth-order valence-corrected chi connectivity index (χ4v) is 4.40. The van der Waals surface area contributed by atoms with Crippen LogP contribution in [-0.2, 0) is 11.4 Å². The highest BCUT2D eigenvalue weighted by Gasteiger charge is 2.34. The molecule has 1 aliphatic heterocycles. The van der Waals surface area contributed by atoms with Gasteiger partial charge in [0.1, 0.15) is 12.6 Å². The molecular formula is C28H28N6O3. The van der Waals surface area contributed by atoms with Crippen LogP contribution < -0.4 is 20.1 Å². The number of carbonyl (C=O) groups excluding carboxylic acids is 1. The van der Waals surface area contributed by atoms with Gasteiger partial charge in [0.05, 0.1) is 12.7 Å². The van der Waals surface area contributed by atoms with Crippen LogP contribution >= 0.6 is 0 Å². The number of fused-ring (bicyclic) bond motifs is 1. The Morgan fingerprint density at radius 3 is 2.62 bits per heavy atom. The maximum atomic E-state index is 13.7. The van der Waals surface area contributed by atoms with E-state index in [1.54, 1.807) is 11.8 Å². The van der Waals surface area contributed by atoms with Crippen molar-refractivity contribution < 1.29 is 14.3 Å². The van der Waals surface area contributed by atoms with Gasteiger partial charge in [0.25, 0.3) is 5.91 Å². The Bertz CT molecular complexity index is 1480. The van der Waals surface area contributed by atoms with Crippen molar-refractivity contribution in [3.05, 3.63) is 100 Å². The Kier molecular flexibility index (Phi) is 6.59. The van der Waals surface area contributed by atoms with Gasteiger partial charge in [-0.25, -0.2) is 0 Å². The minimum Gasteiger partial charge on any atom is -0.493 e. The zero-order valence-corrected chi connectivity index (χ0v) is 21.1. The van der Waals surface area contributed by atoms with E-state index >= 15 is 0 Å². The number of carbonyl (C=O) groups is 1. The summed E-state index contributed by atoms with van der Waals surface area (Å²) in [6, 6.07) is 20.8. The molecule has 1 atom stereocenters. The van der Waals surface area contributed by atoms with E-state index in [4.69, 9.17) is 9.47 Å². The number of nitrogens with one attached hydrogen (secondary N) is 2. The predicted molar refractivity (Wildman–Crippen MR) is 141 cm³/mol. The van der Waals surface area contributed by atoms with Gasteiger partial charge >= 0.3 is 0 Å². The number of tetrazole rings is 1. The second-order valence-electron chi connectivity index (χ2n) is 8.90. The van der Waals surface area contributed by atoms with Crippen LogP contribution in [0, 0.1) is 13.8 Å². The molecule has 0 saturated carbocycles. The number of anilines is 2. The number of aromatic nitrogens is 4. The number of amides is 1. The first-order valence-electron chi connectivity index (χ1n) is 11.9. The second kappa shape index (κ2) is 10.1. The van der Waals surface area contributed by atoms with E-state index in [2.05, 4.69) is 26.2 Å². The number of nitrogens with zero attached hydrogens (tertiary/aromatic N) is 4. The van der Waals surface area contributed by atoms with Crippen LogP contribution in [0.3, 0.4) is 0 Å². The first-order valence-corrected chi connectivity index (χ1v) is 11.9. The van der Waals surface area contributed by atoms with Gasteiger partial charge in [-0.3, -0.25) is 4.79 Å². The van der Waals surface area contributed by atoms with Crippen molar-refractivity contribution in [3.63, 3.8) is 0 Å². The van der Waals surface area contributed by atoms with Gasteiger partial charge in [-0.15, -0.1) is 0 Å². The summed E-state index contributed by atoms with van der Waals surface area (Å²) in [4.78, 5) is 13.7. The Hall–Kier alpha value is -4.66. The molecule has 0 radical (unpaired) electrons. The topological polar surface area (TPSA) is 103 Å². The quantitative estimate of drug-likeness (QED) is 0.379. The average molecular weight is 497 g/mol. The molecule has 5 rings (SSSR count). The summed E-state index contributed by atoms with van der Waals surface area (Å²) in [5.74, 6) is 1.36. The van der Waals surface area contributed by atoms with E-state index in [9.17, 15) is 4.79 Å². The maximum absolute atomic E-state index is 13.7. The van der Waals surface area contributed by atoms with Gasteiger partial charge in [0.2, 0.25) is 5.95 Å². The normalized spacial score (nSPS) is 14.5. The van der Waals surface area contributed by atoms with Crippen LogP contribution in [0.15, 0.2) is 78.0 Å². The molecule has 4 aromatic rings. The Balaban J connectivity index is 1.49. The molecule has 3 aromatic carbocycles. The lowest BCUT2D eigenvalue weighted by Crippen LogP contribution is -2.31. The number of hydrogen-bond acceptors (Lipinski definition) is 7. The standard InChI is InChI=1S/C28H28N6O3/c1-17-9-8-12-22(18(17)2)30-27(35)25-19(3)29-28-31-32-33-34(28)26(25)21-13-14-23(24(15-21)36-4)37-16-20-10-6-5-7-11-20/h5-15,26H,16H2,1-4H3,(H,30,35)(H,29,31,33). The third-order valence-electron chi connectivity index (χ3n) is 6.55. The van der Waals surface area contributed by atoms with E-state index < -0.39 is 6.04 Å². The van der Waals surface area contributed by atoms with E-state index in [0.717, 1.165) is 27.9 Å². The van der Waals surface area contributed by atoms with E-state index in [0.29, 0.717) is 35.3 Å². The first kappa shape index (κ1) is 24.1. The fourth-order valence-electron chi connectivity index (χ4n) is 4.40. The van der Waals surface area contributed by atoms with E-state index in [1.807, 2.05) is 87.5 Å². The molecule has 1 unspecified atom stereocenters. The molecule has 0 fully saturated rings. The second-order valence-corrected chi connectivity index (χ2v) is 8.90. The van der Waals surface area contributed by atoms with Crippen LogP contribution in [0.4, 0.5) is 11.6 Å². The molecule has 1 aliphatic rings. The Morgan fingerprint density at radius 1 is 1.03 bits per heavy atom. The molecule has 37 heavy (non-hydrogen) atoms. The van der Waals surface area contributed by atoms with Crippen molar-refractivity contribution in [1.29, 1.82) is 0 Å². The van der Waals surface area contributed by atoms with Crippen LogP contribution in [0.2, 0.25) is 0 Å². The van der Waals surface area contributed by atoms with Crippen LogP contribution in [0.1, 0.15) is 35.2 Å². The third kappa shape index (κ3) is 4.75. The van der Waals surface area contributed by atoms with Gasteiger partial charge < -0.3 is 20.1 Å². The van der Waals surface area contributed by atoms with Gasteiger partial charge in [-0.05, 0) is 71.7 Å². The summed E-state index contributed by atoms with van der Waals surface area (Å²) in [5, 5.41) is 18.3. The molecular weight excluding hydrogens is 468 g/mol. The number of benzene rings is 3. The summed E-state index contributed by atoms with van der Waals surface area (Å²) >= 11 is 0. The molecule has 1 aromatic heterocycles. The summed E-state index contributed by atoms with van der Waals surface area (Å²) in [6.45, 7) is 6.25. The van der Waals surface area contributed by atoms with Crippen LogP contribution in [-0.4, -0.2) is 33.2 Å². The molecule has 0 aliphatic carbocycles. The number of methoxy groups -OCH3 is 1. The van der Waals surface area contributed by atoms with Gasteiger partial charge in [0, 0.05) is 11.4 Å². The van der Waals surface area contributed by atoms with Crippen molar-refractivity contribution >= 4 is 17.5 Å². The van der Waals surface area contributed by atoms with Crippen LogP contribution in [0.5, 0.6) is 11.5 Å². The lowest BCUT2D eigenvalue weighted by molar-refractivity contribution is -0.113. The number of allylic oxidation sites excluding steroid dienone is 1. The highest BCUT2D eigenvalue weighted by atomic mass is 16.5. The highest BCUT2D eigenvalue weighted by Crippen LogP contribution is 2.39. The maximum Gasteiger partial charge on any atom is 0.255 e. The SMILES string of the molecule is COc1cc(C2C(C(=O)Nc3cccc(C)c3C)=C(C)Nc3nnnn32)ccc1OCc1ccccc1. The van der Waals surface area contributed by atoms with Crippen molar-refractivity contribution in [2.24, 2.45) is 0 Å². The number of hydrogen-bond donors (Lipinski definition) is 2. The molecule has 188 valence electrons. The molecule has 2 N–H and O–H groups in total. The fraction of sp³-hybridized carbons (Fsp3) is 0.214. The summed E-state index contributed by atoms with van der Waals surface area (Å²) in [5.41, 5.74) is 5.87. The number of rotatable bonds is 7. The van der Waals surface area contributed by atoms with Crippen molar-refractivity contribution in [2.45, 2.75) is 33.4 Å². The monoisotopic (exact) mass is 496 g/mol. The van der Waals surface area contributed by atoms with Gasteiger partial charge in [0.15, 0.2) is 11.5 Å². The van der Waals surface area contributed by atoms with Crippen molar-refractivity contribution in [2.75, 3.05) is 17.7 Å². The lowest BCUT2D eigenvalue weighted by Gasteiger charge is -2.28. The zero-order valence-electron chi connectivity index (χ0n) is 21.1. The van der Waals surface area contributed by atoms with Crippen molar-refractivity contribution in [1.82, 2.24) is 20.2 Å². The smallest absolute Gasteiger partial charge is 0.255 e. The summed E-state index contributed by atoms with van der Waals surface area (Å²) in [6.07, 6.45) is 0. The Labute approximate surface area is 215 Å². The number of ether oxygens (including phenoxy) is 2. The van der Waals surface area contributed by atoms with Gasteiger partial charge in [-0.1, -0.05) is 53.6 Å². The summed E-state index contributed by atoms with van der Waals surface area (Å²) in [7, 11) is 1.59. The molecule has 9 nitrogen and oxygen atoms in total. The highest BCUT2D eigenvalue weighted by molar-refractivity contribution is 6.06. The molecule has 1 amide bonds. The van der Waals surface area contributed by atoms with E-state index in [-0.39, 0.29) is 5.91 Å². The van der Waals surface area contributed by atoms with E-state index in [1.165, 1.54) is 0 Å².